The van der Waals surface area contributed by atoms with Gasteiger partial charge in [0.05, 0.1) is 0 Å². The van der Waals surface area contributed by atoms with Crippen LogP contribution in [0.2, 0.25) is 0 Å². The van der Waals surface area contributed by atoms with Gasteiger partial charge >= 0.3 is 0 Å². The number of rotatable bonds is 5. The zero-order valence-corrected chi connectivity index (χ0v) is 15.8. The number of aryl methyl sites for hydroxylation is 1. The van der Waals surface area contributed by atoms with Gasteiger partial charge in [-0.2, -0.15) is 0 Å². The second-order valence-electron chi connectivity index (χ2n) is 8.62. The van der Waals surface area contributed by atoms with Crippen LogP contribution in [0.25, 0.3) is 10.9 Å². The first kappa shape index (κ1) is 17.2. The van der Waals surface area contributed by atoms with Crippen molar-refractivity contribution < 1.29 is 8.78 Å². The first-order valence-electron chi connectivity index (χ1n) is 10.1. The van der Waals surface area contributed by atoms with Crippen molar-refractivity contribution in [3.63, 3.8) is 0 Å². The molecule has 0 saturated heterocycles. The molecule has 0 atom stereocenters. The SMILES string of the molecule is Cc1cc(C2CC2)c(CN2CC=C(NC3CC(F)(F)C3)CC2)c2cc[nH]c12. The Morgan fingerprint density at radius 3 is 2.78 bits per heavy atom. The van der Waals surface area contributed by atoms with Crippen LogP contribution in [0.1, 0.15) is 54.7 Å². The first-order valence-corrected chi connectivity index (χ1v) is 10.1. The molecule has 2 N–H and O–H groups in total. The van der Waals surface area contributed by atoms with Crippen LogP contribution in [0.5, 0.6) is 0 Å². The number of alkyl halides is 2. The number of nitrogens with one attached hydrogen (secondary N) is 2. The summed E-state index contributed by atoms with van der Waals surface area (Å²) < 4.78 is 26.0. The van der Waals surface area contributed by atoms with Crippen molar-refractivity contribution in [3.05, 3.63) is 46.8 Å². The number of hydrogen-bond acceptors (Lipinski definition) is 2. The van der Waals surface area contributed by atoms with Gasteiger partial charge in [0.15, 0.2) is 0 Å². The molecule has 2 saturated carbocycles. The molecule has 144 valence electrons. The number of nitrogens with zero attached hydrogens (tertiary/aromatic N) is 1. The molecule has 3 nitrogen and oxygen atoms in total. The Bertz CT molecular complexity index is 886. The van der Waals surface area contributed by atoms with Gasteiger partial charge in [0.1, 0.15) is 0 Å². The van der Waals surface area contributed by atoms with Gasteiger partial charge in [-0.1, -0.05) is 12.1 Å². The summed E-state index contributed by atoms with van der Waals surface area (Å²) in [6, 6.07) is 4.55. The van der Waals surface area contributed by atoms with Crippen LogP contribution >= 0.6 is 0 Å². The topological polar surface area (TPSA) is 31.1 Å². The Morgan fingerprint density at radius 2 is 2.11 bits per heavy atom. The highest BCUT2D eigenvalue weighted by Crippen LogP contribution is 2.44. The van der Waals surface area contributed by atoms with E-state index in [1.165, 1.54) is 40.4 Å². The van der Waals surface area contributed by atoms with Crippen LogP contribution in [0.3, 0.4) is 0 Å². The second-order valence-corrected chi connectivity index (χ2v) is 8.62. The molecule has 0 spiro atoms. The smallest absolute Gasteiger partial charge is 0.252 e. The lowest BCUT2D eigenvalue weighted by atomic mass is 9.88. The highest BCUT2D eigenvalue weighted by molar-refractivity contribution is 5.87. The van der Waals surface area contributed by atoms with E-state index in [1.54, 1.807) is 0 Å². The van der Waals surface area contributed by atoms with Gasteiger partial charge in [-0.05, 0) is 54.9 Å². The van der Waals surface area contributed by atoms with Crippen molar-refractivity contribution in [1.82, 2.24) is 15.2 Å². The molecule has 2 fully saturated rings. The predicted octanol–water partition coefficient (Wildman–Crippen LogP) is 4.83. The minimum atomic E-state index is -2.45. The second kappa shape index (κ2) is 6.33. The summed E-state index contributed by atoms with van der Waals surface area (Å²) in [6.07, 6.45) is 7.73. The van der Waals surface area contributed by atoms with Crippen molar-refractivity contribution in [2.45, 2.75) is 63.5 Å². The number of hydrogen-bond donors (Lipinski definition) is 2. The maximum atomic E-state index is 13.0. The van der Waals surface area contributed by atoms with Crippen LogP contribution in [-0.2, 0) is 6.54 Å². The molecule has 2 aliphatic carbocycles. The van der Waals surface area contributed by atoms with Crippen LogP contribution < -0.4 is 5.32 Å². The summed E-state index contributed by atoms with van der Waals surface area (Å²) in [6.45, 7) is 5.02. The zero-order chi connectivity index (χ0) is 18.6. The monoisotopic (exact) mass is 371 g/mol. The standard InChI is InChI=1S/C22H27F2N3/c1-14-10-19(15-2-3-15)20(18-4-7-25-21(14)18)13-27-8-5-16(6-9-27)26-17-11-22(23,24)12-17/h4-5,7,10,15,17,25-26H,2-3,6,8-9,11-13H2,1H3. The highest BCUT2D eigenvalue weighted by atomic mass is 19.3. The Hall–Kier alpha value is -1.88. The van der Waals surface area contributed by atoms with E-state index in [0.29, 0.717) is 0 Å². The maximum absolute atomic E-state index is 13.0. The van der Waals surface area contributed by atoms with E-state index in [0.717, 1.165) is 37.7 Å². The van der Waals surface area contributed by atoms with Crippen molar-refractivity contribution in [3.8, 4) is 0 Å². The molecular weight excluding hydrogens is 344 g/mol. The molecule has 1 aromatic carbocycles. The van der Waals surface area contributed by atoms with Crippen molar-refractivity contribution in [2.75, 3.05) is 13.1 Å². The third-order valence-electron chi connectivity index (χ3n) is 6.36. The molecular formula is C22H27F2N3. The van der Waals surface area contributed by atoms with E-state index in [2.05, 4.69) is 40.3 Å². The third kappa shape index (κ3) is 3.38. The molecule has 0 bridgehead atoms. The minimum absolute atomic E-state index is 0.0202. The summed E-state index contributed by atoms with van der Waals surface area (Å²) >= 11 is 0. The molecule has 1 aliphatic heterocycles. The Morgan fingerprint density at radius 1 is 1.30 bits per heavy atom. The van der Waals surface area contributed by atoms with E-state index in [1.807, 2.05) is 6.20 Å². The largest absolute Gasteiger partial charge is 0.385 e. The zero-order valence-electron chi connectivity index (χ0n) is 15.8. The Balaban J connectivity index is 1.30. The number of benzene rings is 1. The number of aromatic nitrogens is 1. The molecule has 1 aromatic heterocycles. The molecule has 0 amide bonds. The van der Waals surface area contributed by atoms with Crippen molar-refractivity contribution in [2.24, 2.45) is 0 Å². The van der Waals surface area contributed by atoms with E-state index in [4.69, 9.17) is 0 Å². The number of aromatic amines is 1. The molecule has 2 heterocycles. The molecule has 27 heavy (non-hydrogen) atoms. The van der Waals surface area contributed by atoms with E-state index in [-0.39, 0.29) is 18.9 Å². The number of H-pyrrole nitrogens is 1. The fraction of sp³-hybridized carbons (Fsp3) is 0.545. The van der Waals surface area contributed by atoms with E-state index in [9.17, 15) is 8.78 Å². The summed E-state index contributed by atoms with van der Waals surface area (Å²) in [7, 11) is 0. The first-order chi connectivity index (χ1) is 13.0. The highest BCUT2D eigenvalue weighted by Gasteiger charge is 2.45. The van der Waals surface area contributed by atoms with Gasteiger partial charge in [-0.25, -0.2) is 8.78 Å². The fourth-order valence-electron chi connectivity index (χ4n) is 4.67. The summed E-state index contributed by atoms with van der Waals surface area (Å²) in [5.41, 5.74) is 6.75. The van der Waals surface area contributed by atoms with Crippen molar-refractivity contribution >= 4 is 10.9 Å². The van der Waals surface area contributed by atoms with Crippen LogP contribution in [0.4, 0.5) is 8.78 Å². The van der Waals surface area contributed by atoms with Gasteiger partial charge in [0, 0.05) is 61.3 Å². The Kier molecular flexibility index (Phi) is 4.04. The quantitative estimate of drug-likeness (QED) is 0.789. The molecule has 2 aromatic rings. The molecule has 3 aliphatic rings. The fourth-order valence-corrected chi connectivity index (χ4v) is 4.67. The lowest BCUT2D eigenvalue weighted by Crippen LogP contribution is -2.48. The third-order valence-corrected chi connectivity index (χ3v) is 6.36. The maximum Gasteiger partial charge on any atom is 0.252 e. The predicted molar refractivity (Wildman–Crippen MR) is 104 cm³/mol. The van der Waals surface area contributed by atoms with E-state index >= 15 is 0 Å². The number of halogens is 2. The average Bonchev–Trinajstić information content (AvgIpc) is 3.33. The van der Waals surface area contributed by atoms with Crippen LogP contribution in [0, 0.1) is 6.92 Å². The van der Waals surface area contributed by atoms with Gasteiger partial charge in [-0.3, -0.25) is 4.90 Å². The van der Waals surface area contributed by atoms with Crippen LogP contribution in [-0.4, -0.2) is 34.9 Å². The summed E-state index contributed by atoms with van der Waals surface area (Å²) in [5, 5.41) is 4.68. The van der Waals surface area contributed by atoms with Gasteiger partial charge < -0.3 is 10.3 Å². The lowest BCUT2D eigenvalue weighted by Gasteiger charge is -2.38. The molecule has 0 radical (unpaired) electrons. The van der Waals surface area contributed by atoms with Gasteiger partial charge in [0.2, 0.25) is 0 Å². The molecule has 5 heteroatoms. The van der Waals surface area contributed by atoms with Crippen molar-refractivity contribution in [1.29, 1.82) is 0 Å². The number of fused-ring (bicyclic) bond motifs is 1. The van der Waals surface area contributed by atoms with E-state index < -0.39 is 5.92 Å². The average molecular weight is 371 g/mol. The molecule has 0 unspecified atom stereocenters. The van der Waals surface area contributed by atoms with Crippen LogP contribution in [0.15, 0.2) is 30.1 Å². The summed E-state index contributed by atoms with van der Waals surface area (Å²) in [5.74, 6) is -1.72. The Labute approximate surface area is 158 Å². The summed E-state index contributed by atoms with van der Waals surface area (Å²) in [4.78, 5) is 5.87. The molecule has 5 rings (SSSR count). The van der Waals surface area contributed by atoms with Gasteiger partial charge in [-0.15, -0.1) is 0 Å². The lowest BCUT2D eigenvalue weighted by molar-refractivity contribution is -0.0908. The van der Waals surface area contributed by atoms with Gasteiger partial charge in [0.25, 0.3) is 5.92 Å². The minimum Gasteiger partial charge on any atom is -0.385 e. The normalized spacial score (nSPS) is 23.3.